The van der Waals surface area contributed by atoms with E-state index in [9.17, 15) is 0 Å². The van der Waals surface area contributed by atoms with Crippen molar-refractivity contribution in [2.24, 2.45) is 5.92 Å². The number of hydrogen-bond acceptors (Lipinski definition) is 2. The summed E-state index contributed by atoms with van der Waals surface area (Å²) in [4.78, 5) is 4.49. The van der Waals surface area contributed by atoms with Crippen molar-refractivity contribution in [1.82, 2.24) is 14.9 Å². The first kappa shape index (κ1) is 10.8. The number of nitrogens with one attached hydrogen (secondary N) is 1. The second kappa shape index (κ2) is 4.49. The summed E-state index contributed by atoms with van der Waals surface area (Å²) in [6.45, 7) is 5.55. The first-order valence-corrected chi connectivity index (χ1v) is 6.45. The highest BCUT2D eigenvalue weighted by atomic mass is 15.0. The molecule has 0 spiro atoms. The molecule has 0 saturated carbocycles. The van der Waals surface area contributed by atoms with Crippen LogP contribution in [0.2, 0.25) is 0 Å². The molecule has 0 unspecified atom stereocenters. The van der Waals surface area contributed by atoms with Gasteiger partial charge >= 0.3 is 0 Å². The molecule has 1 aliphatic rings. The largest absolute Gasteiger partial charge is 0.330 e. The molecule has 17 heavy (non-hydrogen) atoms. The van der Waals surface area contributed by atoms with E-state index in [1.165, 1.54) is 23.9 Å². The second-order valence-corrected chi connectivity index (χ2v) is 5.08. The summed E-state index contributed by atoms with van der Waals surface area (Å²) in [5, 5.41) is 3.41. The summed E-state index contributed by atoms with van der Waals surface area (Å²) >= 11 is 0. The van der Waals surface area contributed by atoms with Crippen molar-refractivity contribution in [3.8, 4) is 0 Å². The molecular formula is C14H19N3. The minimum absolute atomic E-state index is 0.801. The van der Waals surface area contributed by atoms with E-state index < -0.39 is 0 Å². The third-order valence-corrected chi connectivity index (χ3v) is 3.69. The van der Waals surface area contributed by atoms with Crippen LogP contribution in [0.15, 0.2) is 24.5 Å². The molecular weight excluding hydrogens is 210 g/mol. The first-order valence-electron chi connectivity index (χ1n) is 6.45. The third kappa shape index (κ3) is 2.20. The lowest BCUT2D eigenvalue weighted by Gasteiger charge is -2.23. The number of imidazole rings is 1. The van der Waals surface area contributed by atoms with Gasteiger partial charge in [0.15, 0.2) is 0 Å². The van der Waals surface area contributed by atoms with Crippen LogP contribution in [0, 0.1) is 12.8 Å². The predicted octanol–water partition coefficient (Wildman–Crippen LogP) is 2.34. The maximum absolute atomic E-state index is 4.49. The van der Waals surface area contributed by atoms with E-state index >= 15 is 0 Å². The van der Waals surface area contributed by atoms with Crippen molar-refractivity contribution < 1.29 is 0 Å². The minimum atomic E-state index is 0.801. The van der Waals surface area contributed by atoms with Crippen LogP contribution >= 0.6 is 0 Å². The van der Waals surface area contributed by atoms with E-state index in [1.54, 1.807) is 0 Å². The molecule has 1 aliphatic heterocycles. The molecule has 1 aromatic carbocycles. The number of aryl methyl sites for hydroxylation is 1. The van der Waals surface area contributed by atoms with Crippen LogP contribution in [-0.2, 0) is 6.54 Å². The second-order valence-electron chi connectivity index (χ2n) is 5.08. The number of benzene rings is 1. The van der Waals surface area contributed by atoms with Gasteiger partial charge in [0.2, 0.25) is 0 Å². The zero-order chi connectivity index (χ0) is 11.7. The summed E-state index contributed by atoms with van der Waals surface area (Å²) in [6, 6.07) is 6.52. The number of fused-ring (bicyclic) bond motifs is 1. The quantitative estimate of drug-likeness (QED) is 0.856. The predicted molar refractivity (Wildman–Crippen MR) is 70.1 cm³/mol. The molecule has 0 radical (unpaired) electrons. The Hall–Kier alpha value is -1.35. The highest BCUT2D eigenvalue weighted by Crippen LogP contribution is 2.19. The van der Waals surface area contributed by atoms with Crippen molar-refractivity contribution in [3.63, 3.8) is 0 Å². The van der Waals surface area contributed by atoms with Crippen LogP contribution in [0.1, 0.15) is 18.4 Å². The zero-order valence-electron chi connectivity index (χ0n) is 10.3. The van der Waals surface area contributed by atoms with Gasteiger partial charge in [0.25, 0.3) is 0 Å². The van der Waals surface area contributed by atoms with Gasteiger partial charge in [-0.1, -0.05) is 6.07 Å². The zero-order valence-corrected chi connectivity index (χ0v) is 10.3. The summed E-state index contributed by atoms with van der Waals surface area (Å²) in [7, 11) is 0. The van der Waals surface area contributed by atoms with Crippen molar-refractivity contribution in [2.75, 3.05) is 13.1 Å². The van der Waals surface area contributed by atoms with Crippen molar-refractivity contribution >= 4 is 11.0 Å². The van der Waals surface area contributed by atoms with Gasteiger partial charge in [-0.3, -0.25) is 0 Å². The number of nitrogens with zero attached hydrogens (tertiary/aromatic N) is 2. The fraction of sp³-hybridized carbons (Fsp3) is 0.500. The van der Waals surface area contributed by atoms with E-state index in [4.69, 9.17) is 0 Å². The SMILES string of the molecule is Cc1ccc2c(c1)ncn2CC1CCNCC1. The molecule has 3 nitrogen and oxygen atoms in total. The van der Waals surface area contributed by atoms with Gasteiger partial charge in [-0.2, -0.15) is 0 Å². The third-order valence-electron chi connectivity index (χ3n) is 3.69. The molecule has 3 rings (SSSR count). The highest BCUT2D eigenvalue weighted by molar-refractivity contribution is 5.75. The fourth-order valence-electron chi connectivity index (χ4n) is 2.66. The molecule has 1 aromatic heterocycles. The van der Waals surface area contributed by atoms with Gasteiger partial charge in [-0.05, 0) is 56.5 Å². The standard InChI is InChI=1S/C14H19N3/c1-11-2-3-14-13(8-11)16-10-17(14)9-12-4-6-15-7-5-12/h2-3,8,10,12,15H,4-7,9H2,1H3. The Morgan fingerprint density at radius 1 is 1.35 bits per heavy atom. The molecule has 2 heterocycles. The summed E-state index contributed by atoms with van der Waals surface area (Å²) in [5.41, 5.74) is 3.68. The number of aromatic nitrogens is 2. The average molecular weight is 229 g/mol. The van der Waals surface area contributed by atoms with Gasteiger partial charge in [0, 0.05) is 6.54 Å². The van der Waals surface area contributed by atoms with Gasteiger partial charge in [0.05, 0.1) is 17.4 Å². The fourth-order valence-corrected chi connectivity index (χ4v) is 2.66. The molecule has 0 atom stereocenters. The lowest BCUT2D eigenvalue weighted by atomic mass is 9.98. The summed E-state index contributed by atoms with van der Waals surface area (Å²) in [6.07, 6.45) is 4.56. The van der Waals surface area contributed by atoms with E-state index in [0.29, 0.717) is 0 Å². The van der Waals surface area contributed by atoms with Gasteiger partial charge in [0.1, 0.15) is 0 Å². The molecule has 1 N–H and O–H groups in total. The maximum Gasteiger partial charge on any atom is 0.0958 e. The van der Waals surface area contributed by atoms with E-state index in [0.717, 1.165) is 31.1 Å². The van der Waals surface area contributed by atoms with Crippen LogP contribution in [0.3, 0.4) is 0 Å². The molecule has 2 aromatic rings. The maximum atomic E-state index is 4.49. The van der Waals surface area contributed by atoms with Crippen molar-refractivity contribution in [1.29, 1.82) is 0 Å². The van der Waals surface area contributed by atoms with Gasteiger partial charge < -0.3 is 9.88 Å². The van der Waals surface area contributed by atoms with E-state index in [1.807, 2.05) is 6.33 Å². The molecule has 1 fully saturated rings. The Kier molecular flexibility index (Phi) is 2.85. The topological polar surface area (TPSA) is 29.9 Å². The average Bonchev–Trinajstić information content (AvgIpc) is 2.73. The Bertz CT molecular complexity index is 509. The Morgan fingerprint density at radius 2 is 2.18 bits per heavy atom. The Balaban J connectivity index is 1.84. The first-order chi connectivity index (χ1) is 8.33. The van der Waals surface area contributed by atoms with Gasteiger partial charge in [-0.15, -0.1) is 0 Å². The summed E-state index contributed by atoms with van der Waals surface area (Å²) < 4.78 is 2.31. The van der Waals surface area contributed by atoms with Crippen molar-refractivity contribution in [2.45, 2.75) is 26.3 Å². The van der Waals surface area contributed by atoms with Crippen LogP contribution in [0.4, 0.5) is 0 Å². The number of hydrogen-bond donors (Lipinski definition) is 1. The Labute approximate surface area is 102 Å². The van der Waals surface area contributed by atoms with Crippen LogP contribution in [0.25, 0.3) is 11.0 Å². The number of piperidine rings is 1. The van der Waals surface area contributed by atoms with Crippen LogP contribution < -0.4 is 5.32 Å². The molecule has 0 bridgehead atoms. The lowest BCUT2D eigenvalue weighted by molar-refractivity contribution is 0.336. The number of rotatable bonds is 2. The molecule has 0 amide bonds. The van der Waals surface area contributed by atoms with Crippen molar-refractivity contribution in [3.05, 3.63) is 30.1 Å². The molecule has 3 heteroatoms. The molecule has 0 aliphatic carbocycles. The highest BCUT2D eigenvalue weighted by Gasteiger charge is 2.14. The Morgan fingerprint density at radius 3 is 3.00 bits per heavy atom. The summed E-state index contributed by atoms with van der Waals surface area (Å²) in [5.74, 6) is 0.801. The smallest absolute Gasteiger partial charge is 0.0958 e. The van der Waals surface area contributed by atoms with Gasteiger partial charge in [-0.25, -0.2) is 4.98 Å². The molecule has 90 valence electrons. The molecule has 1 saturated heterocycles. The lowest BCUT2D eigenvalue weighted by Crippen LogP contribution is -2.29. The monoisotopic (exact) mass is 229 g/mol. The normalized spacial score (nSPS) is 17.7. The van der Waals surface area contributed by atoms with E-state index in [2.05, 4.69) is 40.0 Å². The minimum Gasteiger partial charge on any atom is -0.330 e. The van der Waals surface area contributed by atoms with Crippen LogP contribution in [-0.4, -0.2) is 22.6 Å². The van der Waals surface area contributed by atoms with E-state index in [-0.39, 0.29) is 0 Å². The van der Waals surface area contributed by atoms with Crippen LogP contribution in [0.5, 0.6) is 0 Å².